The van der Waals surface area contributed by atoms with Gasteiger partial charge in [-0.15, -0.1) is 23.2 Å². The number of hydrogen-bond acceptors (Lipinski definition) is 26. The predicted octanol–water partition coefficient (Wildman–Crippen LogP) is 16.2. The van der Waals surface area contributed by atoms with Gasteiger partial charge in [0.25, 0.3) is 0 Å². The van der Waals surface area contributed by atoms with Gasteiger partial charge in [0.15, 0.2) is 0 Å². The number of rotatable bonds is 4. The summed E-state index contributed by atoms with van der Waals surface area (Å²) in [6.45, 7) is 28.0. The number of benzene rings is 4. The van der Waals surface area contributed by atoms with E-state index in [0.717, 1.165) is 0 Å². The molecule has 36 heteroatoms. The lowest BCUT2D eigenvalue weighted by Gasteiger charge is -2.39. The van der Waals surface area contributed by atoms with Crippen molar-refractivity contribution < 1.29 is 123 Å². The molecular weight excluding hydrogens is 1720 g/mol. The topological polar surface area (TPSA) is 352 Å². The Hall–Kier alpha value is -11.1. The number of aliphatic hydroxyl groups is 2. The smallest absolute Gasteiger partial charge is 0.411 e. The summed E-state index contributed by atoms with van der Waals surface area (Å²) >= 11 is 13.7. The first-order chi connectivity index (χ1) is 59.8. The molecule has 4 saturated heterocycles. The molecule has 4 amide bonds. The molecule has 8 aromatic rings. The van der Waals surface area contributed by atoms with Gasteiger partial charge in [0.05, 0.1) is 100 Å². The Kier molecular flexibility index (Phi) is 25.9. The van der Waals surface area contributed by atoms with Crippen LogP contribution in [0, 0.1) is 51.0 Å². The Morgan fingerprint density at radius 3 is 0.766 bits per heavy atom. The van der Waals surface area contributed by atoms with Gasteiger partial charge in [-0.25, -0.2) is 75.9 Å². The van der Waals surface area contributed by atoms with Gasteiger partial charge < -0.3 is 67.1 Å². The molecular formula is C92H106Cl2F4N8O22. The molecule has 0 aliphatic carbocycles. The minimum absolute atomic E-state index is 0.0266. The number of aliphatic hydroxyl groups excluding tert-OH is 2. The number of para-hydroxylation sites is 4. The van der Waals surface area contributed by atoms with Crippen molar-refractivity contribution in [2.75, 3.05) is 54.6 Å². The molecule has 4 fully saturated rings. The quantitative estimate of drug-likeness (QED) is 0.0715. The lowest BCUT2D eigenvalue weighted by atomic mass is 9.85. The monoisotopic (exact) mass is 1820 g/mol. The average Bonchev–Trinajstić information content (AvgIpc) is 1.15. The van der Waals surface area contributed by atoms with Crippen molar-refractivity contribution in [1.29, 1.82) is 0 Å². The third-order valence-corrected chi connectivity index (χ3v) is 24.1. The average molecular weight is 1820 g/mol. The van der Waals surface area contributed by atoms with Crippen LogP contribution in [-0.2, 0) is 57.1 Å². The maximum absolute atomic E-state index is 14.4. The number of carbonyl (C=O) groups is 8. The number of alkyl halides is 2. The Morgan fingerprint density at radius 1 is 0.352 bits per heavy atom. The lowest BCUT2D eigenvalue weighted by Crippen LogP contribution is -2.46. The van der Waals surface area contributed by atoms with E-state index in [1.54, 1.807) is 159 Å². The largest absolute Gasteiger partial charge is 0.483 e. The van der Waals surface area contributed by atoms with Crippen LogP contribution in [0.25, 0.3) is 43.6 Å². The SMILES string of the molecule is COC(=O)[C@@H]1C[C@@]2(CC(Cl)c3c(c(C)nc4c(F)cccc34)O2)CN1C(=O)OC(C)(C)C.COC(=O)[C@@H]1C[C@@]2(CC(O)c3c(c(C)nc4c(F)cccc34)O2)CN1C(=O)OC(C)(C)C.COC(=O)[C@@H]1C[C@]2(CC(Cl)c3c(c(C)nc4c(F)cccc34)O2)CN1C(=O)OC(C)(C)C.COC(=O)[C@@H]1C[C@]2(CC(O)c3c(c(C)nc4c(F)cccc34)O2)CN1C(=O)OC(C)(C)C. The Morgan fingerprint density at radius 2 is 0.555 bits per heavy atom. The second-order valence-corrected chi connectivity index (χ2v) is 38.7. The number of pyridine rings is 4. The Bertz CT molecular complexity index is 5100. The fourth-order valence-electron chi connectivity index (χ4n) is 18.2. The first-order valence-electron chi connectivity index (χ1n) is 41.8. The van der Waals surface area contributed by atoms with E-state index in [-0.39, 0.29) is 86.8 Å². The molecule has 128 heavy (non-hydrogen) atoms. The molecule has 0 saturated carbocycles. The van der Waals surface area contributed by atoms with Crippen molar-refractivity contribution in [2.24, 2.45) is 0 Å². The van der Waals surface area contributed by atoms with Gasteiger partial charge >= 0.3 is 48.3 Å². The number of nitrogens with zero attached hydrogens (tertiary/aromatic N) is 8. The second kappa shape index (κ2) is 35.1. The number of halogens is 6. The molecule has 8 aliphatic rings. The van der Waals surface area contributed by atoms with E-state index in [1.165, 1.54) is 72.3 Å². The van der Waals surface area contributed by atoms with Crippen molar-refractivity contribution in [2.45, 2.75) is 254 Å². The van der Waals surface area contributed by atoms with E-state index < -0.39 is 163 Å². The summed E-state index contributed by atoms with van der Waals surface area (Å²) in [6.07, 6.45) is -3.06. The number of amides is 4. The number of aromatic nitrogens is 4. The predicted molar refractivity (Wildman–Crippen MR) is 458 cm³/mol. The molecule has 688 valence electrons. The zero-order valence-electron chi connectivity index (χ0n) is 74.9. The summed E-state index contributed by atoms with van der Waals surface area (Å²) in [6, 6.07) is 15.0. The van der Waals surface area contributed by atoms with E-state index in [0.29, 0.717) is 102 Å². The highest BCUT2D eigenvalue weighted by Gasteiger charge is 2.61. The molecule has 8 aliphatic heterocycles. The zero-order chi connectivity index (χ0) is 93.7. The Labute approximate surface area is 746 Å². The highest BCUT2D eigenvalue weighted by molar-refractivity contribution is 6.23. The number of esters is 4. The van der Waals surface area contributed by atoms with Crippen LogP contribution in [0.15, 0.2) is 72.8 Å². The fourth-order valence-corrected chi connectivity index (χ4v) is 19.2. The van der Waals surface area contributed by atoms with Gasteiger partial charge in [0.1, 0.15) is 137 Å². The van der Waals surface area contributed by atoms with E-state index in [4.69, 9.17) is 80.0 Å². The standard InChI is InChI=1S/2C23H26ClFN2O5.2C23H27FN2O6/c2*1-12-19-17(13-7-6-8-15(25)18(13)26-12)14(24)9-23(31-19)10-16(20(28)30-5)27(11-23)21(29)32-22(2,3)4;2*1-12-19-17(13-7-6-8-14(24)18(13)25-12)16(27)10-23(31-19)9-15(20(28)30-5)26(11-23)21(29)32-22(2,3)4/h2*6-8,14,16H,9-11H2,1-5H3;2*6-8,15-16,27H,9-11H2,1-5H3/t14?,16-,23+;14?,16-,23-;15-,16?,23+;15-,16?,23-/m0000/s1. The molecule has 12 atom stereocenters. The van der Waals surface area contributed by atoms with Crippen LogP contribution in [0.5, 0.6) is 23.0 Å². The molecule has 4 aromatic carbocycles. The summed E-state index contributed by atoms with van der Waals surface area (Å²) in [5.41, 5.74) is -2.02. The van der Waals surface area contributed by atoms with Crippen molar-refractivity contribution in [1.82, 2.24) is 39.5 Å². The first-order valence-corrected chi connectivity index (χ1v) is 42.7. The maximum atomic E-state index is 14.4. The number of aryl methyl sites for hydroxylation is 4. The van der Waals surface area contributed by atoms with E-state index in [2.05, 4.69) is 19.9 Å². The summed E-state index contributed by atoms with van der Waals surface area (Å²) in [4.78, 5) is 124. The van der Waals surface area contributed by atoms with Gasteiger partial charge in [-0.2, -0.15) is 0 Å². The molecule has 4 aromatic heterocycles. The highest BCUT2D eigenvalue weighted by Crippen LogP contribution is 2.56. The van der Waals surface area contributed by atoms with Crippen LogP contribution in [0.1, 0.15) is 202 Å². The zero-order valence-corrected chi connectivity index (χ0v) is 76.4. The first kappa shape index (κ1) is 94.5. The number of likely N-dealkylation sites (tertiary alicyclic amines) is 4. The normalized spacial score (nSPS) is 24.9. The van der Waals surface area contributed by atoms with Crippen LogP contribution in [0.2, 0.25) is 0 Å². The molecule has 2 N–H and O–H groups in total. The third kappa shape index (κ3) is 18.9. The van der Waals surface area contributed by atoms with Crippen LogP contribution >= 0.6 is 23.2 Å². The summed E-state index contributed by atoms with van der Waals surface area (Å²) in [5, 5.41) is 23.3. The van der Waals surface area contributed by atoms with Crippen LogP contribution in [0.4, 0.5) is 36.7 Å². The number of ether oxygens (including phenoxy) is 12. The van der Waals surface area contributed by atoms with Gasteiger partial charge in [-0.3, -0.25) is 19.6 Å². The van der Waals surface area contributed by atoms with Crippen LogP contribution < -0.4 is 18.9 Å². The summed E-state index contributed by atoms with van der Waals surface area (Å²) in [7, 11) is 5.05. The number of carbonyl (C=O) groups excluding carboxylic acids is 8. The second-order valence-electron chi connectivity index (χ2n) is 37.6. The molecule has 4 spiro atoms. The molecule has 0 bridgehead atoms. The van der Waals surface area contributed by atoms with E-state index >= 15 is 0 Å². The Balaban J connectivity index is 0.000000146. The van der Waals surface area contributed by atoms with Crippen molar-refractivity contribution >= 4 is 115 Å². The molecule has 16 rings (SSSR count). The highest BCUT2D eigenvalue weighted by atomic mass is 35.5. The number of hydrogen-bond donors (Lipinski definition) is 2. The van der Waals surface area contributed by atoms with Gasteiger partial charge in [-0.1, -0.05) is 48.5 Å². The summed E-state index contributed by atoms with van der Waals surface area (Å²) in [5.74, 6) is -2.50. The fraction of sp³-hybridized carbons (Fsp3) is 0.522. The van der Waals surface area contributed by atoms with Gasteiger partial charge in [-0.05, 0) is 135 Å². The lowest BCUT2D eigenvalue weighted by molar-refractivity contribution is -0.146. The van der Waals surface area contributed by atoms with Gasteiger partial charge in [0, 0.05) is 95.2 Å². The third-order valence-electron chi connectivity index (χ3n) is 23.3. The van der Waals surface area contributed by atoms with Crippen molar-refractivity contribution in [3.05, 3.63) is 141 Å². The van der Waals surface area contributed by atoms with E-state index in [1.807, 2.05) is 0 Å². The van der Waals surface area contributed by atoms with Gasteiger partial charge in [0.2, 0.25) is 0 Å². The minimum atomic E-state index is -1.05. The maximum Gasteiger partial charge on any atom is 0.411 e. The molecule has 30 nitrogen and oxygen atoms in total. The van der Waals surface area contributed by atoms with Crippen LogP contribution in [0.3, 0.4) is 0 Å². The number of methoxy groups -OCH3 is 4. The molecule has 4 unspecified atom stereocenters. The number of fused-ring (bicyclic) bond motifs is 12. The molecule has 12 heterocycles. The molecule has 0 radical (unpaired) electrons. The van der Waals surface area contributed by atoms with E-state index in [9.17, 15) is 66.1 Å². The van der Waals surface area contributed by atoms with Crippen molar-refractivity contribution in [3.8, 4) is 23.0 Å². The van der Waals surface area contributed by atoms with Crippen LogP contribution in [-0.4, -0.2) is 222 Å². The van der Waals surface area contributed by atoms with Crippen molar-refractivity contribution in [3.63, 3.8) is 0 Å². The summed E-state index contributed by atoms with van der Waals surface area (Å²) < 4.78 is 125. The minimum Gasteiger partial charge on any atom is -0.483 e.